The summed E-state index contributed by atoms with van der Waals surface area (Å²) in [6.07, 6.45) is 0. The fourth-order valence-electron chi connectivity index (χ4n) is 1.54. The van der Waals surface area contributed by atoms with E-state index in [1.807, 2.05) is 56.3 Å². The number of anilines is 1. The number of rotatable bonds is 2. The first-order chi connectivity index (χ1) is 8.18. The van der Waals surface area contributed by atoms with E-state index < -0.39 is 0 Å². The van der Waals surface area contributed by atoms with Crippen molar-refractivity contribution in [1.82, 2.24) is 0 Å². The van der Waals surface area contributed by atoms with Crippen LogP contribution in [-0.4, -0.2) is 0 Å². The van der Waals surface area contributed by atoms with E-state index in [4.69, 9.17) is 5.73 Å². The van der Waals surface area contributed by atoms with E-state index in [1.165, 1.54) is 0 Å². The van der Waals surface area contributed by atoms with Crippen LogP contribution in [0.2, 0.25) is 0 Å². The Kier molecular flexibility index (Phi) is 4.86. The highest BCUT2D eigenvalue weighted by Crippen LogP contribution is 2.27. The zero-order valence-corrected chi connectivity index (χ0v) is 11.2. The van der Waals surface area contributed by atoms with Crippen molar-refractivity contribution < 1.29 is 0 Å². The Morgan fingerprint density at radius 3 is 2.17 bits per heavy atom. The van der Waals surface area contributed by atoms with Crippen LogP contribution < -0.4 is 5.73 Å². The second-order valence-electron chi connectivity index (χ2n) is 3.96. The molecule has 2 aromatic carbocycles. The van der Waals surface area contributed by atoms with Gasteiger partial charge in [0, 0.05) is 5.69 Å². The SMILES string of the molecule is Cc1c(N)ccc(/N=N/c2ccccc2)c1C.Cl. The van der Waals surface area contributed by atoms with Crippen molar-refractivity contribution in [2.45, 2.75) is 13.8 Å². The normalized spacial score (nSPS) is 10.3. The summed E-state index contributed by atoms with van der Waals surface area (Å²) in [5.74, 6) is 0. The molecule has 0 atom stereocenters. The minimum Gasteiger partial charge on any atom is -0.399 e. The summed E-state index contributed by atoms with van der Waals surface area (Å²) in [5.41, 5.74) is 10.5. The summed E-state index contributed by atoms with van der Waals surface area (Å²) >= 11 is 0. The monoisotopic (exact) mass is 261 g/mol. The number of hydrogen-bond donors (Lipinski definition) is 1. The van der Waals surface area contributed by atoms with Gasteiger partial charge in [0.25, 0.3) is 0 Å². The summed E-state index contributed by atoms with van der Waals surface area (Å²) < 4.78 is 0. The van der Waals surface area contributed by atoms with Gasteiger partial charge in [-0.2, -0.15) is 10.2 Å². The van der Waals surface area contributed by atoms with Crippen molar-refractivity contribution in [3.63, 3.8) is 0 Å². The van der Waals surface area contributed by atoms with Gasteiger partial charge in [-0.05, 0) is 49.2 Å². The zero-order valence-electron chi connectivity index (χ0n) is 10.4. The minimum atomic E-state index is 0. The summed E-state index contributed by atoms with van der Waals surface area (Å²) in [6, 6.07) is 13.4. The quantitative estimate of drug-likeness (QED) is 0.617. The predicted octanol–water partition coefficient (Wildman–Crippen LogP) is 4.72. The van der Waals surface area contributed by atoms with Gasteiger partial charge in [0.2, 0.25) is 0 Å². The van der Waals surface area contributed by atoms with Gasteiger partial charge in [0.1, 0.15) is 0 Å². The van der Waals surface area contributed by atoms with Crippen molar-refractivity contribution in [2.75, 3.05) is 5.73 Å². The molecule has 0 bridgehead atoms. The van der Waals surface area contributed by atoms with E-state index in [1.54, 1.807) is 0 Å². The van der Waals surface area contributed by atoms with E-state index in [9.17, 15) is 0 Å². The van der Waals surface area contributed by atoms with Gasteiger partial charge >= 0.3 is 0 Å². The van der Waals surface area contributed by atoms with Crippen molar-refractivity contribution in [1.29, 1.82) is 0 Å². The number of hydrogen-bond acceptors (Lipinski definition) is 3. The van der Waals surface area contributed by atoms with Crippen LogP contribution in [0.25, 0.3) is 0 Å². The number of nitrogens with zero attached hydrogens (tertiary/aromatic N) is 2. The van der Waals surface area contributed by atoms with Gasteiger partial charge < -0.3 is 5.73 Å². The van der Waals surface area contributed by atoms with E-state index >= 15 is 0 Å². The first-order valence-corrected chi connectivity index (χ1v) is 5.51. The van der Waals surface area contributed by atoms with Gasteiger partial charge in [0.15, 0.2) is 0 Å². The van der Waals surface area contributed by atoms with E-state index in [-0.39, 0.29) is 12.4 Å². The molecule has 0 aliphatic carbocycles. The summed E-state index contributed by atoms with van der Waals surface area (Å²) in [5, 5.41) is 8.44. The van der Waals surface area contributed by atoms with Crippen molar-refractivity contribution in [3.8, 4) is 0 Å². The Morgan fingerprint density at radius 2 is 1.50 bits per heavy atom. The van der Waals surface area contributed by atoms with Gasteiger partial charge in [-0.1, -0.05) is 18.2 Å². The number of nitrogens with two attached hydrogens (primary N) is 1. The Balaban J connectivity index is 0.00000162. The molecule has 0 saturated heterocycles. The Bertz CT molecular complexity index is 550. The van der Waals surface area contributed by atoms with Gasteiger partial charge in [0.05, 0.1) is 11.4 Å². The number of halogens is 1. The largest absolute Gasteiger partial charge is 0.399 e. The molecule has 0 unspecified atom stereocenters. The molecule has 94 valence electrons. The fourth-order valence-corrected chi connectivity index (χ4v) is 1.54. The molecule has 3 nitrogen and oxygen atoms in total. The van der Waals surface area contributed by atoms with Crippen molar-refractivity contribution >= 4 is 29.5 Å². The number of benzene rings is 2. The molecule has 18 heavy (non-hydrogen) atoms. The third-order valence-corrected chi connectivity index (χ3v) is 2.83. The zero-order chi connectivity index (χ0) is 12.3. The molecule has 2 aromatic rings. The lowest BCUT2D eigenvalue weighted by Crippen LogP contribution is -1.91. The Hall–Kier alpha value is -1.87. The highest BCUT2D eigenvalue weighted by atomic mass is 35.5. The number of nitrogen functional groups attached to an aromatic ring is 1. The molecule has 0 saturated carbocycles. The van der Waals surface area contributed by atoms with E-state index in [0.717, 1.165) is 28.2 Å². The molecule has 0 fully saturated rings. The summed E-state index contributed by atoms with van der Waals surface area (Å²) in [4.78, 5) is 0. The van der Waals surface area contributed by atoms with Crippen molar-refractivity contribution in [2.24, 2.45) is 10.2 Å². The predicted molar refractivity (Wildman–Crippen MR) is 78.2 cm³/mol. The molecular formula is C14H16ClN3. The second kappa shape index (κ2) is 6.17. The van der Waals surface area contributed by atoms with Crippen LogP contribution in [0.5, 0.6) is 0 Å². The fraction of sp³-hybridized carbons (Fsp3) is 0.143. The first-order valence-electron chi connectivity index (χ1n) is 5.51. The molecule has 0 heterocycles. The maximum atomic E-state index is 5.82. The van der Waals surface area contributed by atoms with Crippen LogP contribution in [0, 0.1) is 13.8 Å². The average molecular weight is 262 g/mol. The molecule has 0 radical (unpaired) electrons. The Morgan fingerprint density at radius 1 is 0.833 bits per heavy atom. The van der Waals surface area contributed by atoms with Crippen LogP contribution in [0.15, 0.2) is 52.7 Å². The maximum Gasteiger partial charge on any atom is 0.0890 e. The third-order valence-electron chi connectivity index (χ3n) is 2.83. The molecule has 2 rings (SSSR count). The van der Waals surface area contributed by atoms with Crippen LogP contribution in [0.1, 0.15) is 11.1 Å². The lowest BCUT2D eigenvalue weighted by atomic mass is 10.1. The minimum absolute atomic E-state index is 0. The lowest BCUT2D eigenvalue weighted by Gasteiger charge is -2.06. The van der Waals surface area contributed by atoms with Gasteiger partial charge in [-0.25, -0.2) is 0 Å². The Labute approximate surface area is 113 Å². The highest BCUT2D eigenvalue weighted by Gasteiger charge is 2.02. The van der Waals surface area contributed by atoms with Crippen LogP contribution in [-0.2, 0) is 0 Å². The van der Waals surface area contributed by atoms with Gasteiger partial charge in [-0.15, -0.1) is 12.4 Å². The van der Waals surface area contributed by atoms with E-state index in [2.05, 4.69) is 10.2 Å². The molecular weight excluding hydrogens is 246 g/mol. The van der Waals surface area contributed by atoms with Gasteiger partial charge in [-0.3, -0.25) is 0 Å². The third kappa shape index (κ3) is 3.08. The maximum absolute atomic E-state index is 5.82. The standard InChI is InChI=1S/C14H15N3.ClH/c1-10-11(2)14(9-8-13(10)15)17-16-12-6-4-3-5-7-12;/h3-9H,15H2,1-2H3;1H/b17-16+;. The van der Waals surface area contributed by atoms with E-state index in [0.29, 0.717) is 0 Å². The highest BCUT2D eigenvalue weighted by molar-refractivity contribution is 5.85. The van der Waals surface area contributed by atoms with Crippen molar-refractivity contribution in [3.05, 3.63) is 53.6 Å². The molecule has 0 aliphatic heterocycles. The molecule has 2 N–H and O–H groups in total. The average Bonchev–Trinajstić information content (AvgIpc) is 2.36. The smallest absolute Gasteiger partial charge is 0.0890 e. The first kappa shape index (κ1) is 14.2. The molecule has 0 aromatic heterocycles. The lowest BCUT2D eigenvalue weighted by molar-refractivity contribution is 1.19. The summed E-state index contributed by atoms with van der Waals surface area (Å²) in [6.45, 7) is 4.00. The second-order valence-corrected chi connectivity index (χ2v) is 3.96. The summed E-state index contributed by atoms with van der Waals surface area (Å²) in [7, 11) is 0. The van der Waals surface area contributed by atoms with Crippen LogP contribution >= 0.6 is 12.4 Å². The van der Waals surface area contributed by atoms with Crippen LogP contribution in [0.4, 0.5) is 17.1 Å². The van der Waals surface area contributed by atoms with Crippen LogP contribution in [0.3, 0.4) is 0 Å². The molecule has 0 aliphatic rings. The molecule has 0 amide bonds. The molecule has 0 spiro atoms. The topological polar surface area (TPSA) is 50.7 Å². The number of azo groups is 1. The molecule has 4 heteroatoms.